The second kappa shape index (κ2) is 9.67. The van der Waals surface area contributed by atoms with Crippen LogP contribution in [0, 0.1) is 17.1 Å². The third kappa shape index (κ3) is 4.88. The highest BCUT2D eigenvalue weighted by Gasteiger charge is 2.41. The van der Waals surface area contributed by atoms with E-state index in [0.717, 1.165) is 4.90 Å². The minimum absolute atomic E-state index is 0.0109. The number of carbonyl (C=O) groups excluding carboxylic acids is 2. The molecule has 0 bridgehead atoms. The maximum atomic E-state index is 15.0. The highest BCUT2D eigenvalue weighted by Crippen LogP contribution is 2.35. The van der Waals surface area contributed by atoms with E-state index in [1.54, 1.807) is 37.9 Å². The van der Waals surface area contributed by atoms with Gasteiger partial charge in [-0.15, -0.1) is 0 Å². The Hall–Kier alpha value is -4.37. The number of benzene rings is 1. The Kier molecular flexibility index (Phi) is 6.58. The number of nitriles is 1. The molecule has 0 radical (unpaired) electrons. The number of aliphatic hydroxyl groups is 1. The lowest BCUT2D eigenvalue weighted by Crippen LogP contribution is -2.53. The summed E-state index contributed by atoms with van der Waals surface area (Å²) in [5.41, 5.74) is -1.86. The van der Waals surface area contributed by atoms with Crippen molar-refractivity contribution >= 4 is 17.8 Å². The number of rotatable bonds is 3. The number of hydrogen-bond donors (Lipinski definition) is 1. The third-order valence-electron chi connectivity index (χ3n) is 6.83. The number of halogens is 2. The van der Waals surface area contributed by atoms with Crippen LogP contribution in [0.5, 0.6) is 0 Å². The maximum Gasteiger partial charge on any atom is 0.417 e. The summed E-state index contributed by atoms with van der Waals surface area (Å²) in [7, 11) is 0. The molecule has 2 aromatic heterocycles. The van der Waals surface area contributed by atoms with Crippen molar-refractivity contribution in [2.24, 2.45) is 0 Å². The summed E-state index contributed by atoms with van der Waals surface area (Å²) >= 11 is 0. The van der Waals surface area contributed by atoms with E-state index >= 15 is 4.39 Å². The van der Waals surface area contributed by atoms with Gasteiger partial charge in [0.15, 0.2) is 5.82 Å². The SMILES string of the molecule is CC(C)(C)OC(=O)N1Cc2nc(-c3c(F)cccc3C#N)cc(-n3ccc(N4CCC(F)C(C)(O)C4)n3)c2C1=O. The minimum atomic E-state index is -1.56. The molecule has 10 nitrogen and oxygen atoms in total. The van der Waals surface area contributed by atoms with Gasteiger partial charge in [-0.2, -0.15) is 10.4 Å². The topological polar surface area (TPSA) is 125 Å². The summed E-state index contributed by atoms with van der Waals surface area (Å²) < 4.78 is 36.0. The fraction of sp³-hybridized carbons (Fsp3) is 0.393. The number of nitrogens with zero attached hydrogens (tertiary/aromatic N) is 6. The summed E-state index contributed by atoms with van der Waals surface area (Å²) in [5, 5.41) is 24.6. The Labute approximate surface area is 229 Å². The summed E-state index contributed by atoms with van der Waals surface area (Å²) in [6.07, 6.45) is -0.545. The van der Waals surface area contributed by atoms with Gasteiger partial charge in [-0.05, 0) is 52.3 Å². The van der Waals surface area contributed by atoms with Gasteiger partial charge in [-0.25, -0.2) is 28.1 Å². The van der Waals surface area contributed by atoms with Gasteiger partial charge in [0.2, 0.25) is 0 Å². The summed E-state index contributed by atoms with van der Waals surface area (Å²) in [4.78, 5) is 33.5. The second-order valence-electron chi connectivity index (χ2n) is 11.1. The van der Waals surface area contributed by atoms with E-state index < -0.39 is 35.2 Å². The Bertz CT molecular complexity index is 1560. The number of imide groups is 1. The summed E-state index contributed by atoms with van der Waals surface area (Å²) in [6, 6.07) is 9.13. The van der Waals surface area contributed by atoms with Gasteiger partial charge >= 0.3 is 6.09 Å². The molecule has 2 unspecified atom stereocenters. The highest BCUT2D eigenvalue weighted by atomic mass is 19.1. The first-order valence-electron chi connectivity index (χ1n) is 12.7. The maximum absolute atomic E-state index is 15.0. The molecule has 1 saturated heterocycles. The predicted octanol–water partition coefficient (Wildman–Crippen LogP) is 4.14. The fourth-order valence-electron chi connectivity index (χ4n) is 4.90. The molecule has 5 rings (SSSR count). The van der Waals surface area contributed by atoms with E-state index in [-0.39, 0.29) is 53.3 Å². The van der Waals surface area contributed by atoms with Crippen LogP contribution in [0.3, 0.4) is 0 Å². The monoisotopic (exact) mass is 550 g/mol. The van der Waals surface area contributed by atoms with Crippen LogP contribution >= 0.6 is 0 Å². The minimum Gasteiger partial charge on any atom is -0.443 e. The number of aromatic nitrogens is 3. The van der Waals surface area contributed by atoms with Crippen molar-refractivity contribution in [2.75, 3.05) is 18.0 Å². The van der Waals surface area contributed by atoms with E-state index in [4.69, 9.17) is 4.74 Å². The number of amides is 2. The average molecular weight is 551 g/mol. The van der Waals surface area contributed by atoms with Crippen molar-refractivity contribution in [1.82, 2.24) is 19.7 Å². The Morgan fingerprint density at radius 1 is 1.27 bits per heavy atom. The number of anilines is 1. The number of piperidine rings is 1. The summed E-state index contributed by atoms with van der Waals surface area (Å²) in [5.74, 6) is -0.911. The Balaban J connectivity index is 1.62. The number of pyridine rings is 1. The molecule has 2 aliphatic rings. The highest BCUT2D eigenvalue weighted by molar-refractivity contribution is 6.08. The predicted molar refractivity (Wildman–Crippen MR) is 140 cm³/mol. The van der Waals surface area contributed by atoms with Crippen molar-refractivity contribution in [3.63, 3.8) is 0 Å². The van der Waals surface area contributed by atoms with Crippen LogP contribution in [0.4, 0.5) is 19.4 Å². The van der Waals surface area contributed by atoms with Gasteiger partial charge in [0.05, 0.1) is 52.9 Å². The normalized spacial score (nSPS) is 20.9. The van der Waals surface area contributed by atoms with Gasteiger partial charge in [-0.3, -0.25) is 4.79 Å². The van der Waals surface area contributed by atoms with E-state index in [2.05, 4.69) is 10.1 Å². The van der Waals surface area contributed by atoms with Crippen LogP contribution in [-0.4, -0.2) is 67.2 Å². The molecule has 0 aliphatic carbocycles. The van der Waals surface area contributed by atoms with E-state index in [9.17, 15) is 24.3 Å². The van der Waals surface area contributed by atoms with Gasteiger partial charge < -0.3 is 14.7 Å². The first-order chi connectivity index (χ1) is 18.8. The zero-order valence-corrected chi connectivity index (χ0v) is 22.5. The van der Waals surface area contributed by atoms with Crippen molar-refractivity contribution < 1.29 is 28.2 Å². The number of alkyl halides is 1. The molecule has 12 heteroatoms. The number of β-amino-alcohol motifs (C(OH)–C–C–N with tert-alkyl or cyclic N) is 1. The van der Waals surface area contributed by atoms with Gasteiger partial charge in [0.25, 0.3) is 5.91 Å². The number of ether oxygens (including phenoxy) is 1. The number of carbonyl (C=O) groups is 2. The van der Waals surface area contributed by atoms with Crippen LogP contribution in [0.15, 0.2) is 36.5 Å². The van der Waals surface area contributed by atoms with E-state index in [1.165, 1.54) is 35.9 Å². The first kappa shape index (κ1) is 27.2. The van der Waals surface area contributed by atoms with Crippen molar-refractivity contribution in [2.45, 2.75) is 58.0 Å². The zero-order valence-electron chi connectivity index (χ0n) is 22.5. The molecule has 1 aromatic carbocycles. The molecule has 1 fully saturated rings. The smallest absolute Gasteiger partial charge is 0.417 e. The molecular weight excluding hydrogens is 522 g/mol. The molecule has 2 amide bonds. The van der Waals surface area contributed by atoms with Crippen LogP contribution in [0.2, 0.25) is 0 Å². The van der Waals surface area contributed by atoms with Crippen LogP contribution < -0.4 is 4.90 Å². The van der Waals surface area contributed by atoms with Crippen LogP contribution in [0.25, 0.3) is 16.9 Å². The van der Waals surface area contributed by atoms with Crippen molar-refractivity contribution in [1.29, 1.82) is 5.26 Å². The van der Waals surface area contributed by atoms with Crippen LogP contribution in [-0.2, 0) is 11.3 Å². The lowest BCUT2D eigenvalue weighted by atomic mass is 9.93. The van der Waals surface area contributed by atoms with Gasteiger partial charge in [0.1, 0.15) is 23.2 Å². The number of fused-ring (bicyclic) bond motifs is 1. The van der Waals surface area contributed by atoms with Gasteiger partial charge in [-0.1, -0.05) is 6.07 Å². The molecule has 1 N–H and O–H groups in total. The second-order valence-corrected chi connectivity index (χ2v) is 11.1. The van der Waals surface area contributed by atoms with Gasteiger partial charge in [0, 0.05) is 18.8 Å². The molecule has 2 atom stereocenters. The summed E-state index contributed by atoms with van der Waals surface area (Å²) in [6.45, 7) is 6.56. The molecule has 40 heavy (non-hydrogen) atoms. The van der Waals surface area contributed by atoms with Crippen molar-refractivity contribution in [3.05, 3.63) is 59.2 Å². The molecule has 208 valence electrons. The zero-order chi connectivity index (χ0) is 29.0. The standard InChI is InChI=1S/C28H28F2N6O4/c1-27(2,3)40-26(38)35-14-19-24(25(35)37)20(12-18(32-19)23-16(13-31)6-5-7-17(23)29)36-11-9-22(33-36)34-10-8-21(30)28(4,39)15-34/h5-7,9,11-12,21,39H,8,10,14-15H2,1-4H3. The molecule has 4 heterocycles. The fourth-order valence-corrected chi connectivity index (χ4v) is 4.90. The van der Waals surface area contributed by atoms with E-state index in [1.807, 2.05) is 6.07 Å². The Morgan fingerprint density at radius 2 is 2.02 bits per heavy atom. The molecule has 0 saturated carbocycles. The van der Waals surface area contributed by atoms with E-state index in [0.29, 0.717) is 12.4 Å². The largest absolute Gasteiger partial charge is 0.443 e. The molecule has 0 spiro atoms. The third-order valence-corrected chi connectivity index (χ3v) is 6.83. The average Bonchev–Trinajstić information content (AvgIpc) is 3.49. The van der Waals surface area contributed by atoms with Crippen LogP contribution in [0.1, 0.15) is 55.7 Å². The quantitative estimate of drug-likeness (QED) is 0.516. The van der Waals surface area contributed by atoms with Crippen molar-refractivity contribution in [3.8, 4) is 23.0 Å². The molecular formula is C28H28F2N6O4. The molecule has 3 aromatic rings. The first-order valence-corrected chi connectivity index (χ1v) is 12.7. The lowest BCUT2D eigenvalue weighted by Gasteiger charge is -2.39. The Morgan fingerprint density at radius 3 is 2.70 bits per heavy atom. The molecule has 2 aliphatic heterocycles. The lowest BCUT2D eigenvalue weighted by molar-refractivity contribution is -0.0278. The number of hydrogen-bond acceptors (Lipinski definition) is 8.